The van der Waals surface area contributed by atoms with Crippen LogP contribution >= 0.6 is 0 Å². The molecule has 5 heteroatoms. The lowest BCUT2D eigenvalue weighted by atomic mass is 10.1. The Balaban J connectivity index is 1.72. The molecule has 0 amide bonds. The third-order valence-electron chi connectivity index (χ3n) is 3.16. The summed E-state index contributed by atoms with van der Waals surface area (Å²) < 4.78 is 11.1. The second kappa shape index (κ2) is 5.50. The van der Waals surface area contributed by atoms with Crippen molar-refractivity contribution in [3.63, 3.8) is 0 Å². The summed E-state index contributed by atoms with van der Waals surface area (Å²) in [6, 6.07) is 10.5. The Labute approximate surface area is 112 Å². The van der Waals surface area contributed by atoms with Crippen molar-refractivity contribution in [1.82, 2.24) is 15.5 Å². The van der Waals surface area contributed by atoms with E-state index < -0.39 is 0 Å². The van der Waals surface area contributed by atoms with E-state index in [9.17, 15) is 0 Å². The highest BCUT2D eigenvalue weighted by molar-refractivity contribution is 5.21. The lowest BCUT2D eigenvalue weighted by Gasteiger charge is -2.10. The molecule has 1 aromatic carbocycles. The Kier molecular flexibility index (Phi) is 3.57. The third kappa shape index (κ3) is 3.00. The van der Waals surface area contributed by atoms with Gasteiger partial charge in [-0.3, -0.25) is 0 Å². The van der Waals surface area contributed by atoms with E-state index in [1.807, 2.05) is 30.3 Å². The first-order valence-electron chi connectivity index (χ1n) is 6.50. The molecule has 0 aliphatic heterocycles. The standard InChI is InChI=1S/C14H17N3O2/c1-18-13(10-5-3-2-4-6-10)14-17-16-12(19-14)9-15-11-7-8-11/h2-6,11,13,15H,7-9H2,1H3. The fraction of sp³-hybridized carbons (Fsp3) is 0.429. The van der Waals surface area contributed by atoms with E-state index >= 15 is 0 Å². The number of benzene rings is 1. The molecule has 100 valence electrons. The zero-order chi connectivity index (χ0) is 13.1. The number of hydrogen-bond acceptors (Lipinski definition) is 5. The van der Waals surface area contributed by atoms with E-state index in [0.29, 0.717) is 24.4 Å². The summed E-state index contributed by atoms with van der Waals surface area (Å²) in [5.41, 5.74) is 1.01. The first-order valence-corrected chi connectivity index (χ1v) is 6.50. The Morgan fingerprint density at radius 2 is 2.11 bits per heavy atom. The van der Waals surface area contributed by atoms with E-state index in [2.05, 4.69) is 15.5 Å². The number of ether oxygens (including phenoxy) is 1. The fourth-order valence-electron chi connectivity index (χ4n) is 1.97. The third-order valence-corrected chi connectivity index (χ3v) is 3.16. The molecule has 1 aliphatic rings. The molecule has 1 saturated carbocycles. The van der Waals surface area contributed by atoms with Crippen molar-refractivity contribution in [2.45, 2.75) is 31.5 Å². The second-order valence-corrected chi connectivity index (χ2v) is 4.72. The average molecular weight is 259 g/mol. The molecule has 0 saturated heterocycles. The van der Waals surface area contributed by atoms with Gasteiger partial charge in [0.05, 0.1) is 6.54 Å². The van der Waals surface area contributed by atoms with Crippen LogP contribution < -0.4 is 5.32 Å². The van der Waals surface area contributed by atoms with Crippen LogP contribution in [0.3, 0.4) is 0 Å². The fourth-order valence-corrected chi connectivity index (χ4v) is 1.97. The van der Waals surface area contributed by atoms with Crippen LogP contribution in [-0.4, -0.2) is 23.3 Å². The van der Waals surface area contributed by atoms with Gasteiger partial charge in [-0.25, -0.2) is 0 Å². The quantitative estimate of drug-likeness (QED) is 0.860. The Morgan fingerprint density at radius 1 is 1.32 bits per heavy atom. The molecule has 1 N–H and O–H groups in total. The molecular formula is C14H17N3O2. The molecule has 2 aromatic rings. The summed E-state index contributed by atoms with van der Waals surface area (Å²) in [5, 5.41) is 11.5. The van der Waals surface area contributed by atoms with Crippen LogP contribution in [0, 0.1) is 0 Å². The lowest BCUT2D eigenvalue weighted by molar-refractivity contribution is 0.110. The normalized spacial score (nSPS) is 16.5. The van der Waals surface area contributed by atoms with Crippen molar-refractivity contribution in [2.24, 2.45) is 0 Å². The maximum Gasteiger partial charge on any atom is 0.249 e. The van der Waals surface area contributed by atoms with Gasteiger partial charge in [-0.15, -0.1) is 10.2 Å². The van der Waals surface area contributed by atoms with E-state index in [-0.39, 0.29) is 6.10 Å². The van der Waals surface area contributed by atoms with Gasteiger partial charge in [0.2, 0.25) is 11.8 Å². The Hall–Kier alpha value is -1.72. The smallest absolute Gasteiger partial charge is 0.249 e. The number of nitrogens with one attached hydrogen (secondary N) is 1. The highest BCUT2D eigenvalue weighted by Crippen LogP contribution is 2.24. The topological polar surface area (TPSA) is 60.2 Å². The van der Waals surface area contributed by atoms with Gasteiger partial charge in [-0.05, 0) is 18.4 Å². The molecule has 0 spiro atoms. The minimum Gasteiger partial charge on any atom is -0.421 e. The monoisotopic (exact) mass is 259 g/mol. The molecule has 5 nitrogen and oxygen atoms in total. The van der Waals surface area contributed by atoms with Crippen LogP contribution in [0.15, 0.2) is 34.7 Å². The number of rotatable bonds is 6. The second-order valence-electron chi connectivity index (χ2n) is 4.72. The van der Waals surface area contributed by atoms with Crippen molar-refractivity contribution < 1.29 is 9.15 Å². The van der Waals surface area contributed by atoms with Gasteiger partial charge in [0.25, 0.3) is 0 Å². The van der Waals surface area contributed by atoms with Crippen LogP contribution in [0.25, 0.3) is 0 Å². The Bertz CT molecular complexity index is 522. The van der Waals surface area contributed by atoms with Crippen LogP contribution in [0.4, 0.5) is 0 Å². The minimum absolute atomic E-state index is 0.302. The number of aromatic nitrogens is 2. The molecule has 1 fully saturated rings. The predicted molar refractivity (Wildman–Crippen MR) is 69.5 cm³/mol. The zero-order valence-corrected chi connectivity index (χ0v) is 10.9. The summed E-state index contributed by atoms with van der Waals surface area (Å²) in [6.45, 7) is 0.628. The van der Waals surface area contributed by atoms with Crippen LogP contribution in [0.1, 0.15) is 36.3 Å². The van der Waals surface area contributed by atoms with Gasteiger partial charge in [0.15, 0.2) is 6.10 Å². The van der Waals surface area contributed by atoms with Gasteiger partial charge in [-0.1, -0.05) is 30.3 Å². The molecular weight excluding hydrogens is 242 g/mol. The highest BCUT2D eigenvalue weighted by atomic mass is 16.5. The SMILES string of the molecule is COC(c1ccccc1)c1nnc(CNC2CC2)o1. The molecule has 1 atom stereocenters. The summed E-state index contributed by atoms with van der Waals surface area (Å²) in [6.07, 6.45) is 2.18. The van der Waals surface area contributed by atoms with Gasteiger partial charge in [-0.2, -0.15) is 0 Å². The molecule has 0 bridgehead atoms. The average Bonchev–Trinajstić information content (AvgIpc) is 3.17. The molecule has 19 heavy (non-hydrogen) atoms. The molecule has 0 radical (unpaired) electrons. The zero-order valence-electron chi connectivity index (χ0n) is 10.9. The van der Waals surface area contributed by atoms with Crippen molar-refractivity contribution >= 4 is 0 Å². The summed E-state index contributed by atoms with van der Waals surface area (Å²) in [5.74, 6) is 1.11. The van der Waals surface area contributed by atoms with Crippen molar-refractivity contribution in [3.8, 4) is 0 Å². The summed E-state index contributed by atoms with van der Waals surface area (Å²) in [7, 11) is 1.64. The summed E-state index contributed by atoms with van der Waals surface area (Å²) in [4.78, 5) is 0. The molecule has 1 heterocycles. The molecule has 1 aliphatic carbocycles. The molecule has 3 rings (SSSR count). The number of methoxy groups -OCH3 is 1. The van der Waals surface area contributed by atoms with Gasteiger partial charge in [0, 0.05) is 13.2 Å². The van der Waals surface area contributed by atoms with E-state index in [0.717, 1.165) is 5.56 Å². The maximum atomic E-state index is 5.66. The Morgan fingerprint density at radius 3 is 2.79 bits per heavy atom. The van der Waals surface area contributed by atoms with Gasteiger partial charge >= 0.3 is 0 Å². The van der Waals surface area contributed by atoms with Gasteiger partial charge in [0.1, 0.15) is 0 Å². The van der Waals surface area contributed by atoms with E-state index in [4.69, 9.17) is 9.15 Å². The van der Waals surface area contributed by atoms with E-state index in [1.165, 1.54) is 12.8 Å². The number of nitrogens with zero attached hydrogens (tertiary/aromatic N) is 2. The maximum absolute atomic E-state index is 5.66. The largest absolute Gasteiger partial charge is 0.421 e. The van der Waals surface area contributed by atoms with Crippen LogP contribution in [0.5, 0.6) is 0 Å². The first-order chi connectivity index (χ1) is 9.36. The van der Waals surface area contributed by atoms with Gasteiger partial charge < -0.3 is 14.5 Å². The van der Waals surface area contributed by atoms with Crippen LogP contribution in [-0.2, 0) is 11.3 Å². The van der Waals surface area contributed by atoms with E-state index in [1.54, 1.807) is 7.11 Å². The minimum atomic E-state index is -0.302. The van der Waals surface area contributed by atoms with Crippen molar-refractivity contribution in [1.29, 1.82) is 0 Å². The highest BCUT2D eigenvalue weighted by Gasteiger charge is 2.23. The number of hydrogen-bond donors (Lipinski definition) is 1. The molecule has 1 aromatic heterocycles. The van der Waals surface area contributed by atoms with Crippen LogP contribution in [0.2, 0.25) is 0 Å². The lowest BCUT2D eigenvalue weighted by Crippen LogP contribution is -2.15. The molecule has 1 unspecified atom stereocenters. The van der Waals surface area contributed by atoms with Crippen molar-refractivity contribution in [2.75, 3.05) is 7.11 Å². The summed E-state index contributed by atoms with van der Waals surface area (Å²) >= 11 is 0. The predicted octanol–water partition coefficient (Wildman–Crippen LogP) is 2.06. The van der Waals surface area contributed by atoms with Crippen molar-refractivity contribution in [3.05, 3.63) is 47.7 Å². The first kappa shape index (κ1) is 12.3.